The van der Waals surface area contributed by atoms with Crippen LogP contribution in [0.4, 0.5) is 4.39 Å². The lowest BCUT2D eigenvalue weighted by Gasteiger charge is -2.32. The third kappa shape index (κ3) is 7.59. The van der Waals surface area contributed by atoms with Crippen LogP contribution < -0.4 is 14.8 Å². The monoisotopic (exact) mass is 532 g/mol. The number of carbonyl (C=O) groups is 2. The van der Waals surface area contributed by atoms with E-state index in [9.17, 15) is 14.0 Å². The van der Waals surface area contributed by atoms with Crippen molar-refractivity contribution >= 4 is 11.8 Å². The molecule has 0 bridgehead atoms. The van der Waals surface area contributed by atoms with Gasteiger partial charge >= 0.3 is 0 Å². The zero-order valence-corrected chi connectivity index (χ0v) is 22.7. The first-order chi connectivity index (χ1) is 19.0. The van der Waals surface area contributed by atoms with Gasteiger partial charge in [0.1, 0.15) is 11.9 Å². The number of hydrogen-bond acceptors (Lipinski definition) is 4. The van der Waals surface area contributed by atoms with E-state index in [0.29, 0.717) is 29.9 Å². The fraction of sp³-hybridized carbons (Fsp3) is 0.375. The molecule has 0 aromatic heterocycles. The lowest BCUT2D eigenvalue weighted by atomic mass is 10.0. The van der Waals surface area contributed by atoms with Crippen LogP contribution in [0, 0.1) is 5.82 Å². The van der Waals surface area contributed by atoms with E-state index in [1.165, 1.54) is 6.07 Å². The lowest BCUT2D eigenvalue weighted by molar-refractivity contribution is -0.141. The fourth-order valence-electron chi connectivity index (χ4n) is 5.16. The number of rotatable bonds is 12. The Labute approximate surface area is 230 Å². The highest BCUT2D eigenvalue weighted by atomic mass is 19.1. The van der Waals surface area contributed by atoms with Gasteiger partial charge in [-0.25, -0.2) is 4.39 Å². The fourth-order valence-corrected chi connectivity index (χ4v) is 5.16. The van der Waals surface area contributed by atoms with Crippen LogP contribution in [0.5, 0.6) is 11.5 Å². The molecular formula is C32H37FN2O4. The molecule has 1 aliphatic rings. The highest BCUT2D eigenvalue weighted by Gasteiger charge is 2.32. The van der Waals surface area contributed by atoms with Crippen molar-refractivity contribution in [2.24, 2.45) is 0 Å². The Morgan fingerprint density at radius 2 is 1.62 bits per heavy atom. The van der Waals surface area contributed by atoms with Crippen molar-refractivity contribution in [2.45, 2.75) is 63.6 Å². The molecule has 1 N–H and O–H groups in total. The maximum absolute atomic E-state index is 14.8. The van der Waals surface area contributed by atoms with Crippen LogP contribution in [0.15, 0.2) is 72.8 Å². The van der Waals surface area contributed by atoms with E-state index in [1.807, 2.05) is 48.5 Å². The van der Waals surface area contributed by atoms with Crippen LogP contribution >= 0.6 is 0 Å². The maximum atomic E-state index is 14.8. The smallest absolute Gasteiger partial charge is 0.243 e. The molecule has 0 spiro atoms. The van der Waals surface area contributed by atoms with Crippen molar-refractivity contribution in [3.05, 3.63) is 95.3 Å². The molecule has 7 heteroatoms. The summed E-state index contributed by atoms with van der Waals surface area (Å²) >= 11 is 0. The molecule has 2 amide bonds. The first-order valence-corrected chi connectivity index (χ1v) is 13.6. The number of hydrogen-bond donors (Lipinski definition) is 1. The maximum Gasteiger partial charge on any atom is 0.243 e. The van der Waals surface area contributed by atoms with Gasteiger partial charge in [0.05, 0.1) is 14.2 Å². The zero-order chi connectivity index (χ0) is 27.6. The second-order valence-corrected chi connectivity index (χ2v) is 10.00. The molecule has 0 unspecified atom stereocenters. The van der Waals surface area contributed by atoms with Gasteiger partial charge in [0.2, 0.25) is 11.8 Å². The number of amides is 2. The van der Waals surface area contributed by atoms with E-state index < -0.39 is 11.9 Å². The molecule has 0 aliphatic heterocycles. The molecule has 0 radical (unpaired) electrons. The number of halogens is 1. The summed E-state index contributed by atoms with van der Waals surface area (Å²) in [7, 11) is 3.14. The summed E-state index contributed by atoms with van der Waals surface area (Å²) in [6.45, 7) is 0.00697. The van der Waals surface area contributed by atoms with E-state index in [4.69, 9.17) is 9.47 Å². The Kier molecular flexibility index (Phi) is 9.95. The third-order valence-electron chi connectivity index (χ3n) is 7.35. The summed E-state index contributed by atoms with van der Waals surface area (Å²) in [6.07, 6.45) is 4.97. The van der Waals surface area contributed by atoms with Crippen LogP contribution in [0.25, 0.3) is 0 Å². The first kappa shape index (κ1) is 28.1. The van der Waals surface area contributed by atoms with Gasteiger partial charge in [-0.1, -0.05) is 67.4 Å². The number of nitrogens with one attached hydrogen (secondary N) is 1. The van der Waals surface area contributed by atoms with E-state index in [1.54, 1.807) is 37.3 Å². The minimum Gasteiger partial charge on any atom is -0.493 e. The number of methoxy groups -OCH3 is 2. The molecule has 0 saturated heterocycles. The van der Waals surface area contributed by atoms with Gasteiger partial charge in [0, 0.05) is 31.0 Å². The topological polar surface area (TPSA) is 67.9 Å². The van der Waals surface area contributed by atoms with E-state index in [0.717, 1.165) is 36.8 Å². The Hall–Kier alpha value is -3.87. The number of ether oxygens (including phenoxy) is 2. The normalized spacial score (nSPS) is 14.0. The van der Waals surface area contributed by atoms with Gasteiger partial charge in [-0.15, -0.1) is 0 Å². The molecular weight excluding hydrogens is 495 g/mol. The van der Waals surface area contributed by atoms with Crippen molar-refractivity contribution in [2.75, 3.05) is 14.2 Å². The van der Waals surface area contributed by atoms with Crippen LogP contribution in [0.1, 0.15) is 48.8 Å². The minimum atomic E-state index is -0.773. The second kappa shape index (κ2) is 13.8. The summed E-state index contributed by atoms with van der Waals surface area (Å²) in [5.41, 5.74) is 2.22. The SMILES string of the molecule is COc1ccc(CCC(=O)N(Cc2ccccc2F)[C@H](Cc2ccccc2)C(=O)NC2CCCC2)cc1OC. The number of aryl methyl sites for hydroxylation is 1. The van der Waals surface area contributed by atoms with Gasteiger partial charge < -0.3 is 19.7 Å². The van der Waals surface area contributed by atoms with Crippen LogP contribution in [0.3, 0.4) is 0 Å². The van der Waals surface area contributed by atoms with Crippen LogP contribution in [0.2, 0.25) is 0 Å². The Balaban J connectivity index is 1.61. The molecule has 1 aliphatic carbocycles. The third-order valence-corrected chi connectivity index (χ3v) is 7.35. The van der Waals surface area contributed by atoms with Crippen molar-refractivity contribution in [1.82, 2.24) is 10.2 Å². The molecule has 3 aromatic carbocycles. The molecule has 206 valence electrons. The highest BCUT2D eigenvalue weighted by Crippen LogP contribution is 2.28. The Morgan fingerprint density at radius 3 is 2.31 bits per heavy atom. The summed E-state index contributed by atoms with van der Waals surface area (Å²) < 4.78 is 25.5. The van der Waals surface area contributed by atoms with Gasteiger partial charge in [0.15, 0.2) is 11.5 Å². The highest BCUT2D eigenvalue weighted by molar-refractivity contribution is 5.88. The largest absolute Gasteiger partial charge is 0.493 e. The second-order valence-electron chi connectivity index (χ2n) is 10.00. The summed E-state index contributed by atoms with van der Waals surface area (Å²) in [5.74, 6) is 0.394. The Morgan fingerprint density at radius 1 is 0.923 bits per heavy atom. The van der Waals surface area contributed by atoms with Crippen molar-refractivity contribution in [3.63, 3.8) is 0 Å². The number of nitrogens with zero attached hydrogens (tertiary/aromatic N) is 1. The van der Waals surface area contributed by atoms with Crippen LogP contribution in [-0.4, -0.2) is 43.0 Å². The van der Waals surface area contributed by atoms with Crippen molar-refractivity contribution < 1.29 is 23.5 Å². The average molecular weight is 533 g/mol. The van der Waals surface area contributed by atoms with Gasteiger partial charge in [-0.3, -0.25) is 9.59 Å². The molecule has 1 saturated carbocycles. The summed E-state index contributed by atoms with van der Waals surface area (Å²) in [5, 5.41) is 3.18. The lowest BCUT2D eigenvalue weighted by Crippen LogP contribution is -2.52. The molecule has 39 heavy (non-hydrogen) atoms. The molecule has 1 atom stereocenters. The molecule has 4 rings (SSSR count). The van der Waals surface area contributed by atoms with E-state index in [-0.39, 0.29) is 30.8 Å². The van der Waals surface area contributed by atoms with E-state index >= 15 is 0 Å². The quantitative estimate of drug-likeness (QED) is 0.336. The summed E-state index contributed by atoms with van der Waals surface area (Å²) in [4.78, 5) is 29.1. The van der Waals surface area contributed by atoms with Gasteiger partial charge in [-0.2, -0.15) is 0 Å². The standard InChI is InChI=1S/C32H37FN2O4/c1-38-29-18-16-24(21-30(29)39-2)17-19-31(36)35(22-25-12-6-9-15-27(25)33)28(20-23-10-4-3-5-11-23)32(37)34-26-13-7-8-14-26/h3-6,9-12,15-16,18,21,26,28H,7-8,13-14,17,19-20,22H2,1-2H3,(H,34,37)/t28-/m1/s1. The molecule has 6 nitrogen and oxygen atoms in total. The van der Waals surface area contributed by atoms with E-state index in [2.05, 4.69) is 5.32 Å². The van der Waals surface area contributed by atoms with Crippen LogP contribution in [-0.2, 0) is 29.0 Å². The zero-order valence-electron chi connectivity index (χ0n) is 22.7. The minimum absolute atomic E-state index is 0.00697. The van der Waals surface area contributed by atoms with Gasteiger partial charge in [0.25, 0.3) is 0 Å². The molecule has 1 fully saturated rings. The molecule has 0 heterocycles. The predicted octanol–water partition coefficient (Wildman–Crippen LogP) is 5.47. The Bertz CT molecular complexity index is 1240. The number of benzene rings is 3. The van der Waals surface area contributed by atoms with Crippen molar-refractivity contribution in [1.29, 1.82) is 0 Å². The van der Waals surface area contributed by atoms with Gasteiger partial charge in [-0.05, 0) is 48.6 Å². The summed E-state index contributed by atoms with van der Waals surface area (Å²) in [6, 6.07) is 20.9. The average Bonchev–Trinajstić information content (AvgIpc) is 3.47. The predicted molar refractivity (Wildman–Crippen MR) is 149 cm³/mol. The van der Waals surface area contributed by atoms with Crippen molar-refractivity contribution in [3.8, 4) is 11.5 Å². The number of carbonyl (C=O) groups excluding carboxylic acids is 2. The first-order valence-electron chi connectivity index (χ1n) is 13.6. The molecule has 3 aromatic rings.